The molecule has 0 fully saturated rings. The molecule has 0 radical (unpaired) electrons. The molecule has 1 aliphatic heterocycles. The Morgan fingerprint density at radius 3 is 2.52 bits per heavy atom. The van der Waals surface area contributed by atoms with E-state index in [-0.39, 0.29) is 13.0 Å². The van der Waals surface area contributed by atoms with Crippen LogP contribution in [0.25, 0.3) is 0 Å². The molecule has 0 saturated carbocycles. The summed E-state index contributed by atoms with van der Waals surface area (Å²) in [6.07, 6.45) is 0.0753. The number of hydrogen-bond acceptors (Lipinski definition) is 5. The normalized spacial score (nSPS) is 18.8. The molecule has 1 aliphatic rings. The third-order valence-electron chi connectivity index (χ3n) is 3.38. The number of ether oxygens (including phenoxy) is 1. The molecule has 1 heterocycles. The minimum absolute atomic E-state index is 0.0630. The maximum absolute atomic E-state index is 12.2. The standard InChI is InChI=1S/C13H15NO6S/c1-20-12(15)8-21(18,19)14-7-10-5-3-2-4-9(10)6-11(14)13(16)17/h2-5,11H,6-8H2,1H3,(H,16,17)/t11-/m0/s1. The minimum Gasteiger partial charge on any atom is -0.480 e. The Hall–Kier alpha value is -1.93. The molecule has 114 valence electrons. The van der Waals surface area contributed by atoms with Gasteiger partial charge in [0.2, 0.25) is 10.0 Å². The third kappa shape index (κ3) is 3.22. The number of carboxylic acids is 1. The first-order valence-electron chi connectivity index (χ1n) is 6.21. The average molecular weight is 313 g/mol. The van der Waals surface area contributed by atoms with E-state index in [4.69, 9.17) is 0 Å². The van der Waals surface area contributed by atoms with Crippen LogP contribution >= 0.6 is 0 Å². The zero-order valence-corrected chi connectivity index (χ0v) is 12.2. The predicted octanol–water partition coefficient (Wildman–Crippen LogP) is 0.000700. The van der Waals surface area contributed by atoms with Gasteiger partial charge in [-0.15, -0.1) is 0 Å². The lowest BCUT2D eigenvalue weighted by Crippen LogP contribution is -2.50. The van der Waals surface area contributed by atoms with Gasteiger partial charge in [0.15, 0.2) is 5.75 Å². The van der Waals surface area contributed by atoms with Crippen LogP contribution in [0.15, 0.2) is 24.3 Å². The Balaban J connectivity index is 2.37. The molecular formula is C13H15NO6S. The lowest BCUT2D eigenvalue weighted by Gasteiger charge is -2.33. The third-order valence-corrected chi connectivity index (χ3v) is 5.07. The number of aliphatic carboxylic acids is 1. The topological polar surface area (TPSA) is 101 Å². The Kier molecular flexibility index (Phi) is 4.29. The first-order chi connectivity index (χ1) is 9.85. The molecule has 0 amide bonds. The fraction of sp³-hybridized carbons (Fsp3) is 0.385. The number of sulfonamides is 1. The van der Waals surface area contributed by atoms with Crippen molar-refractivity contribution in [3.63, 3.8) is 0 Å². The fourth-order valence-corrected chi connectivity index (χ4v) is 3.76. The number of benzene rings is 1. The zero-order chi connectivity index (χ0) is 15.6. The number of carboxylic acid groups (broad SMARTS) is 1. The van der Waals surface area contributed by atoms with Crippen LogP contribution in [0, 0.1) is 0 Å². The van der Waals surface area contributed by atoms with Gasteiger partial charge in [0, 0.05) is 13.0 Å². The van der Waals surface area contributed by atoms with Crippen molar-refractivity contribution in [3.05, 3.63) is 35.4 Å². The summed E-state index contributed by atoms with van der Waals surface area (Å²) >= 11 is 0. The highest BCUT2D eigenvalue weighted by molar-refractivity contribution is 7.89. The molecule has 21 heavy (non-hydrogen) atoms. The van der Waals surface area contributed by atoms with Crippen molar-refractivity contribution < 1.29 is 27.9 Å². The van der Waals surface area contributed by atoms with Gasteiger partial charge in [-0.2, -0.15) is 4.31 Å². The van der Waals surface area contributed by atoms with Gasteiger partial charge >= 0.3 is 11.9 Å². The highest BCUT2D eigenvalue weighted by Crippen LogP contribution is 2.26. The largest absolute Gasteiger partial charge is 0.480 e. The molecular weight excluding hydrogens is 298 g/mol. The van der Waals surface area contributed by atoms with Gasteiger partial charge in [-0.05, 0) is 11.1 Å². The van der Waals surface area contributed by atoms with E-state index in [1.165, 1.54) is 0 Å². The smallest absolute Gasteiger partial charge is 0.322 e. The molecule has 0 spiro atoms. The second-order valence-electron chi connectivity index (χ2n) is 4.70. The number of rotatable bonds is 4. The molecule has 0 aliphatic carbocycles. The molecule has 1 aromatic carbocycles. The van der Waals surface area contributed by atoms with Crippen LogP contribution in [0.3, 0.4) is 0 Å². The lowest BCUT2D eigenvalue weighted by atomic mass is 9.96. The summed E-state index contributed by atoms with van der Waals surface area (Å²) in [5, 5.41) is 9.27. The van der Waals surface area contributed by atoms with Crippen LogP contribution in [-0.2, 0) is 37.3 Å². The van der Waals surface area contributed by atoms with Crippen molar-refractivity contribution in [1.29, 1.82) is 0 Å². The van der Waals surface area contributed by atoms with Crippen molar-refractivity contribution in [2.45, 2.75) is 19.0 Å². The maximum Gasteiger partial charge on any atom is 0.322 e. The Morgan fingerprint density at radius 2 is 1.95 bits per heavy atom. The van der Waals surface area contributed by atoms with Crippen molar-refractivity contribution in [1.82, 2.24) is 4.31 Å². The highest BCUT2D eigenvalue weighted by Gasteiger charge is 2.39. The molecule has 7 nitrogen and oxygen atoms in total. The van der Waals surface area contributed by atoms with Crippen LogP contribution in [0.4, 0.5) is 0 Å². The number of hydrogen-bond donors (Lipinski definition) is 1. The van der Waals surface area contributed by atoms with Gasteiger partial charge in [0.05, 0.1) is 7.11 Å². The van der Waals surface area contributed by atoms with E-state index in [2.05, 4.69) is 4.74 Å². The lowest BCUT2D eigenvalue weighted by molar-refractivity contribution is -0.142. The molecule has 0 aromatic heterocycles. The molecule has 0 unspecified atom stereocenters. The van der Waals surface area contributed by atoms with Crippen LogP contribution in [0.1, 0.15) is 11.1 Å². The number of methoxy groups -OCH3 is 1. The van der Waals surface area contributed by atoms with Gasteiger partial charge in [-0.25, -0.2) is 8.42 Å². The molecule has 1 atom stereocenters. The van der Waals surface area contributed by atoms with Crippen molar-refractivity contribution in [2.75, 3.05) is 12.9 Å². The van der Waals surface area contributed by atoms with Gasteiger partial charge in [0.1, 0.15) is 6.04 Å². The van der Waals surface area contributed by atoms with Gasteiger partial charge in [-0.3, -0.25) is 9.59 Å². The summed E-state index contributed by atoms with van der Waals surface area (Å²) in [5.74, 6) is -3.02. The number of esters is 1. The summed E-state index contributed by atoms with van der Waals surface area (Å²) in [7, 11) is -2.97. The first kappa shape index (κ1) is 15.5. The van der Waals surface area contributed by atoms with Crippen LogP contribution in [0.5, 0.6) is 0 Å². The minimum atomic E-state index is -4.05. The summed E-state index contributed by atoms with van der Waals surface area (Å²) in [6, 6.07) is 5.83. The van der Waals surface area contributed by atoms with E-state index >= 15 is 0 Å². The predicted molar refractivity (Wildman–Crippen MR) is 72.9 cm³/mol. The van der Waals surface area contributed by atoms with Crippen molar-refractivity contribution in [3.8, 4) is 0 Å². The SMILES string of the molecule is COC(=O)CS(=O)(=O)N1Cc2ccccc2C[C@H]1C(=O)O. The monoisotopic (exact) mass is 313 g/mol. The number of carbonyl (C=O) groups is 2. The quantitative estimate of drug-likeness (QED) is 0.785. The summed E-state index contributed by atoms with van der Waals surface area (Å²) in [4.78, 5) is 22.6. The molecule has 0 saturated heterocycles. The second kappa shape index (κ2) is 5.82. The van der Waals surface area contributed by atoms with Crippen molar-refractivity contribution >= 4 is 22.0 Å². The van der Waals surface area contributed by atoms with E-state index in [0.29, 0.717) is 0 Å². The summed E-state index contributed by atoms with van der Waals surface area (Å²) < 4.78 is 29.7. The molecule has 8 heteroatoms. The summed E-state index contributed by atoms with van der Waals surface area (Å²) in [6.45, 7) is -0.0630. The van der Waals surface area contributed by atoms with Crippen LogP contribution < -0.4 is 0 Å². The van der Waals surface area contributed by atoms with Gasteiger partial charge < -0.3 is 9.84 Å². The molecule has 0 bridgehead atoms. The maximum atomic E-state index is 12.2. The van der Waals surface area contributed by atoms with Crippen LogP contribution in [0.2, 0.25) is 0 Å². The van der Waals surface area contributed by atoms with E-state index < -0.39 is 33.8 Å². The Labute approximate surface area is 122 Å². The highest BCUT2D eigenvalue weighted by atomic mass is 32.2. The van der Waals surface area contributed by atoms with Gasteiger partial charge in [0.25, 0.3) is 0 Å². The van der Waals surface area contributed by atoms with E-state index in [1.54, 1.807) is 24.3 Å². The first-order valence-corrected chi connectivity index (χ1v) is 7.82. The Bertz CT molecular complexity index is 669. The van der Waals surface area contributed by atoms with E-state index in [1.807, 2.05) is 0 Å². The zero-order valence-electron chi connectivity index (χ0n) is 11.4. The Morgan fingerprint density at radius 1 is 1.33 bits per heavy atom. The second-order valence-corrected chi connectivity index (χ2v) is 6.63. The molecule has 1 aromatic rings. The fourth-order valence-electron chi connectivity index (χ4n) is 2.29. The molecule has 1 N–H and O–H groups in total. The van der Waals surface area contributed by atoms with Crippen LogP contribution in [-0.4, -0.2) is 48.7 Å². The number of nitrogens with zero attached hydrogens (tertiary/aromatic N) is 1. The summed E-state index contributed by atoms with van der Waals surface area (Å²) in [5.41, 5.74) is 1.54. The van der Waals surface area contributed by atoms with Crippen molar-refractivity contribution in [2.24, 2.45) is 0 Å². The number of carbonyl (C=O) groups excluding carboxylic acids is 1. The van der Waals surface area contributed by atoms with E-state index in [9.17, 15) is 23.1 Å². The number of fused-ring (bicyclic) bond motifs is 1. The van der Waals surface area contributed by atoms with E-state index in [0.717, 1.165) is 22.5 Å². The van der Waals surface area contributed by atoms with Gasteiger partial charge in [-0.1, -0.05) is 24.3 Å². The average Bonchev–Trinajstić information content (AvgIpc) is 2.45. The molecule has 2 rings (SSSR count).